The van der Waals surface area contributed by atoms with Gasteiger partial charge in [0.25, 0.3) is 0 Å². The van der Waals surface area contributed by atoms with Crippen LogP contribution in [0.15, 0.2) is 24.3 Å². The summed E-state index contributed by atoms with van der Waals surface area (Å²) in [6, 6.07) is 6.36. The molecule has 0 aromatic heterocycles. The predicted molar refractivity (Wildman–Crippen MR) is 73.4 cm³/mol. The quantitative estimate of drug-likeness (QED) is 0.794. The van der Waals surface area contributed by atoms with Crippen molar-refractivity contribution in [1.82, 2.24) is 10.2 Å². The van der Waals surface area contributed by atoms with Crippen LogP contribution in [0.3, 0.4) is 0 Å². The standard InChI is InChI=1S/C14H18N2O4/c1-16(2)13(18)7-8-15-12(17)9-10-5-3-4-6-11(10)14(19)20/h3-6H,7-9H2,1-2H3,(H,15,17)(H,19,20). The van der Waals surface area contributed by atoms with E-state index in [1.807, 2.05) is 0 Å². The highest BCUT2D eigenvalue weighted by Gasteiger charge is 2.12. The number of hydrogen-bond donors (Lipinski definition) is 2. The average molecular weight is 278 g/mol. The van der Waals surface area contributed by atoms with Crippen LogP contribution in [0, 0.1) is 0 Å². The third-order valence-corrected chi connectivity index (χ3v) is 2.76. The van der Waals surface area contributed by atoms with Crippen LogP contribution in [0.4, 0.5) is 0 Å². The van der Waals surface area contributed by atoms with E-state index in [0.29, 0.717) is 5.56 Å². The van der Waals surface area contributed by atoms with Gasteiger partial charge in [0.05, 0.1) is 12.0 Å². The Labute approximate surface area is 117 Å². The second-order valence-electron chi connectivity index (χ2n) is 4.53. The van der Waals surface area contributed by atoms with E-state index >= 15 is 0 Å². The summed E-state index contributed by atoms with van der Waals surface area (Å²) in [4.78, 5) is 35.5. The van der Waals surface area contributed by atoms with Crippen LogP contribution in [0.25, 0.3) is 0 Å². The summed E-state index contributed by atoms with van der Waals surface area (Å²) in [6.45, 7) is 0.241. The first-order valence-electron chi connectivity index (χ1n) is 6.20. The Morgan fingerprint density at radius 3 is 2.45 bits per heavy atom. The molecule has 0 aliphatic carbocycles. The van der Waals surface area contributed by atoms with E-state index in [2.05, 4.69) is 5.32 Å². The zero-order chi connectivity index (χ0) is 15.1. The maximum absolute atomic E-state index is 11.7. The molecule has 0 aliphatic heterocycles. The highest BCUT2D eigenvalue weighted by Crippen LogP contribution is 2.09. The molecule has 0 spiro atoms. The van der Waals surface area contributed by atoms with Crippen molar-refractivity contribution >= 4 is 17.8 Å². The molecule has 2 amide bonds. The lowest BCUT2D eigenvalue weighted by molar-refractivity contribution is -0.128. The van der Waals surface area contributed by atoms with Gasteiger partial charge in [0.1, 0.15) is 0 Å². The molecule has 0 saturated heterocycles. The lowest BCUT2D eigenvalue weighted by Crippen LogP contribution is -2.31. The first kappa shape index (κ1) is 15.7. The molecule has 0 aliphatic rings. The zero-order valence-corrected chi connectivity index (χ0v) is 11.5. The lowest BCUT2D eigenvalue weighted by Gasteiger charge is -2.11. The van der Waals surface area contributed by atoms with Crippen molar-refractivity contribution in [2.45, 2.75) is 12.8 Å². The number of nitrogens with one attached hydrogen (secondary N) is 1. The number of nitrogens with zero attached hydrogens (tertiary/aromatic N) is 1. The SMILES string of the molecule is CN(C)C(=O)CCNC(=O)Cc1ccccc1C(=O)O. The topological polar surface area (TPSA) is 86.7 Å². The number of carboxylic acids is 1. The van der Waals surface area contributed by atoms with Gasteiger partial charge >= 0.3 is 5.97 Å². The third kappa shape index (κ3) is 4.72. The van der Waals surface area contributed by atoms with E-state index < -0.39 is 5.97 Å². The molecule has 108 valence electrons. The highest BCUT2D eigenvalue weighted by molar-refractivity contribution is 5.91. The molecule has 0 radical (unpaired) electrons. The van der Waals surface area contributed by atoms with Gasteiger partial charge in [-0.2, -0.15) is 0 Å². The molecular formula is C14H18N2O4. The Morgan fingerprint density at radius 2 is 1.85 bits per heavy atom. The van der Waals surface area contributed by atoms with E-state index in [4.69, 9.17) is 5.11 Å². The van der Waals surface area contributed by atoms with Crippen molar-refractivity contribution < 1.29 is 19.5 Å². The van der Waals surface area contributed by atoms with Gasteiger partial charge in [-0.15, -0.1) is 0 Å². The number of carboxylic acid groups (broad SMARTS) is 1. The summed E-state index contributed by atoms with van der Waals surface area (Å²) in [5.41, 5.74) is 0.573. The summed E-state index contributed by atoms with van der Waals surface area (Å²) in [5.74, 6) is -1.43. The number of benzene rings is 1. The first-order valence-corrected chi connectivity index (χ1v) is 6.20. The molecule has 0 heterocycles. The highest BCUT2D eigenvalue weighted by atomic mass is 16.4. The van der Waals surface area contributed by atoms with E-state index in [0.717, 1.165) is 0 Å². The van der Waals surface area contributed by atoms with Gasteiger partial charge in [-0.05, 0) is 11.6 Å². The monoisotopic (exact) mass is 278 g/mol. The fraction of sp³-hybridized carbons (Fsp3) is 0.357. The van der Waals surface area contributed by atoms with Crippen molar-refractivity contribution in [1.29, 1.82) is 0 Å². The van der Waals surface area contributed by atoms with E-state index in [-0.39, 0.29) is 36.8 Å². The minimum atomic E-state index is -1.06. The molecule has 1 rings (SSSR count). The number of amides is 2. The second kappa shape index (κ2) is 7.28. The number of aromatic carboxylic acids is 1. The van der Waals surface area contributed by atoms with Gasteiger partial charge in [0, 0.05) is 27.1 Å². The molecule has 0 atom stereocenters. The number of hydrogen-bond acceptors (Lipinski definition) is 3. The molecule has 0 saturated carbocycles. The molecule has 6 heteroatoms. The average Bonchev–Trinajstić information content (AvgIpc) is 2.38. The molecular weight excluding hydrogens is 260 g/mol. The van der Waals surface area contributed by atoms with Crippen LogP contribution in [0.5, 0.6) is 0 Å². The molecule has 2 N–H and O–H groups in total. The molecule has 0 fully saturated rings. The second-order valence-corrected chi connectivity index (χ2v) is 4.53. The van der Waals surface area contributed by atoms with E-state index in [9.17, 15) is 14.4 Å². The summed E-state index contributed by atoms with van der Waals surface area (Å²) in [6.07, 6.45) is 0.206. The molecule has 6 nitrogen and oxygen atoms in total. The molecule has 20 heavy (non-hydrogen) atoms. The van der Waals surface area contributed by atoms with Crippen LogP contribution < -0.4 is 5.32 Å². The van der Waals surface area contributed by atoms with Gasteiger partial charge in [0.15, 0.2) is 0 Å². The van der Waals surface area contributed by atoms with Gasteiger partial charge in [-0.3, -0.25) is 9.59 Å². The zero-order valence-electron chi connectivity index (χ0n) is 11.5. The van der Waals surface area contributed by atoms with Crippen LogP contribution >= 0.6 is 0 Å². The minimum absolute atomic E-state index is 0.0152. The lowest BCUT2D eigenvalue weighted by atomic mass is 10.0. The van der Waals surface area contributed by atoms with Gasteiger partial charge in [-0.1, -0.05) is 18.2 Å². The van der Waals surface area contributed by atoms with Crippen molar-refractivity contribution in [3.63, 3.8) is 0 Å². The Morgan fingerprint density at radius 1 is 1.20 bits per heavy atom. The van der Waals surface area contributed by atoms with E-state index in [1.165, 1.54) is 11.0 Å². The molecule has 1 aromatic carbocycles. The van der Waals surface area contributed by atoms with Crippen LogP contribution in [-0.4, -0.2) is 48.4 Å². The van der Waals surface area contributed by atoms with Gasteiger partial charge < -0.3 is 15.3 Å². The summed E-state index contributed by atoms with van der Waals surface area (Å²) < 4.78 is 0. The van der Waals surface area contributed by atoms with E-state index in [1.54, 1.807) is 32.3 Å². The molecule has 1 aromatic rings. The Kier molecular flexibility index (Phi) is 5.71. The summed E-state index contributed by atoms with van der Waals surface area (Å²) >= 11 is 0. The normalized spacial score (nSPS) is 9.90. The van der Waals surface area contributed by atoms with Crippen LogP contribution in [-0.2, 0) is 16.0 Å². The minimum Gasteiger partial charge on any atom is -0.478 e. The molecule has 0 bridgehead atoms. The third-order valence-electron chi connectivity index (χ3n) is 2.76. The van der Waals surface area contributed by atoms with Crippen LogP contribution in [0.1, 0.15) is 22.3 Å². The maximum atomic E-state index is 11.7. The Bertz CT molecular complexity index is 512. The predicted octanol–water partition coefficient (Wildman–Crippen LogP) is 0.522. The van der Waals surface area contributed by atoms with Crippen molar-refractivity contribution in [3.05, 3.63) is 35.4 Å². The maximum Gasteiger partial charge on any atom is 0.335 e. The van der Waals surface area contributed by atoms with Gasteiger partial charge in [-0.25, -0.2) is 4.79 Å². The molecule has 0 unspecified atom stereocenters. The first-order chi connectivity index (χ1) is 9.41. The number of rotatable bonds is 6. The fourth-order valence-corrected chi connectivity index (χ4v) is 1.65. The number of carbonyl (C=O) groups is 3. The Balaban J connectivity index is 2.51. The van der Waals surface area contributed by atoms with Crippen molar-refractivity contribution in [3.8, 4) is 0 Å². The fourth-order valence-electron chi connectivity index (χ4n) is 1.65. The largest absolute Gasteiger partial charge is 0.478 e. The van der Waals surface area contributed by atoms with Crippen molar-refractivity contribution in [2.24, 2.45) is 0 Å². The smallest absolute Gasteiger partial charge is 0.335 e. The van der Waals surface area contributed by atoms with Gasteiger partial charge in [0.2, 0.25) is 11.8 Å². The van der Waals surface area contributed by atoms with Crippen molar-refractivity contribution in [2.75, 3.05) is 20.6 Å². The summed E-state index contributed by atoms with van der Waals surface area (Å²) in [7, 11) is 3.29. The van der Waals surface area contributed by atoms with Crippen LogP contribution in [0.2, 0.25) is 0 Å². The Hall–Kier alpha value is -2.37. The number of carbonyl (C=O) groups excluding carboxylic acids is 2. The summed E-state index contributed by atoms with van der Waals surface area (Å²) in [5, 5.41) is 11.6.